The van der Waals surface area contributed by atoms with Gasteiger partial charge in [-0.15, -0.1) is 5.10 Å². The van der Waals surface area contributed by atoms with Crippen molar-refractivity contribution in [3.8, 4) is 5.69 Å². The Balaban J connectivity index is 1.53. The minimum Gasteiger partial charge on any atom is -0.347 e. The van der Waals surface area contributed by atoms with Crippen molar-refractivity contribution in [1.29, 1.82) is 0 Å². The zero-order valence-electron chi connectivity index (χ0n) is 17.9. The van der Waals surface area contributed by atoms with Crippen molar-refractivity contribution >= 4 is 23.2 Å². The first kappa shape index (κ1) is 20.3. The number of thioether (sulfide) groups is 1. The van der Waals surface area contributed by atoms with Gasteiger partial charge in [-0.2, -0.15) is 4.68 Å². The highest BCUT2D eigenvalue weighted by Crippen LogP contribution is 2.46. The lowest BCUT2D eigenvalue weighted by atomic mass is 9.83. The first-order valence-corrected chi connectivity index (χ1v) is 10.8. The van der Waals surface area contributed by atoms with Gasteiger partial charge in [0.25, 0.3) is 0 Å². The maximum atomic E-state index is 12.8. The molecule has 4 rings (SSSR count). The van der Waals surface area contributed by atoms with Crippen LogP contribution in [0, 0.1) is 13.8 Å². The third-order valence-electron chi connectivity index (χ3n) is 5.60. The van der Waals surface area contributed by atoms with Crippen LogP contribution in [0.15, 0.2) is 59.4 Å². The SMILES string of the molecule is Cc1ccc(-n2nnnc2SCC(=O)C=C2N(C)c3ccccc3C2(C)C)c(C)c1. The molecule has 30 heavy (non-hydrogen) atoms. The number of hydrogen-bond acceptors (Lipinski definition) is 6. The van der Waals surface area contributed by atoms with Crippen molar-refractivity contribution < 1.29 is 4.79 Å². The van der Waals surface area contributed by atoms with Crippen LogP contribution in [0.1, 0.15) is 30.5 Å². The molecule has 0 atom stereocenters. The van der Waals surface area contributed by atoms with E-state index in [1.807, 2.05) is 38.2 Å². The number of tetrazole rings is 1. The Hall–Kier alpha value is -2.93. The molecule has 1 aliphatic heterocycles. The van der Waals surface area contributed by atoms with Gasteiger partial charge < -0.3 is 4.90 Å². The molecular formula is C23H25N5OS. The predicted octanol–water partition coefficient (Wildman–Crippen LogP) is 4.25. The fourth-order valence-corrected chi connectivity index (χ4v) is 4.76. The lowest BCUT2D eigenvalue weighted by molar-refractivity contribution is -0.112. The summed E-state index contributed by atoms with van der Waals surface area (Å²) in [4.78, 5) is 14.9. The van der Waals surface area contributed by atoms with Gasteiger partial charge >= 0.3 is 0 Å². The van der Waals surface area contributed by atoms with E-state index in [4.69, 9.17) is 0 Å². The number of anilines is 1. The van der Waals surface area contributed by atoms with E-state index in [0.29, 0.717) is 5.16 Å². The molecule has 0 saturated heterocycles. The predicted molar refractivity (Wildman–Crippen MR) is 120 cm³/mol. The molecule has 0 saturated carbocycles. The van der Waals surface area contributed by atoms with Crippen LogP contribution in [0.3, 0.4) is 0 Å². The monoisotopic (exact) mass is 419 g/mol. The van der Waals surface area contributed by atoms with Gasteiger partial charge in [0.15, 0.2) is 5.78 Å². The highest BCUT2D eigenvalue weighted by Gasteiger charge is 2.38. The van der Waals surface area contributed by atoms with Crippen LogP contribution in [0.4, 0.5) is 5.69 Å². The molecule has 0 N–H and O–H groups in total. The Bertz CT molecular complexity index is 1150. The standard InChI is InChI=1S/C23H25N5OS/c1-15-10-11-19(16(2)12-15)28-22(24-25-26-28)30-14-17(29)13-21-23(3,4)18-8-6-7-9-20(18)27(21)5/h6-13H,14H2,1-5H3. The van der Waals surface area contributed by atoms with E-state index < -0.39 is 0 Å². The fraction of sp³-hybridized carbons (Fsp3) is 0.304. The summed E-state index contributed by atoms with van der Waals surface area (Å²) in [6.07, 6.45) is 1.76. The van der Waals surface area contributed by atoms with Gasteiger partial charge in [0.05, 0.1) is 11.4 Å². The van der Waals surface area contributed by atoms with Gasteiger partial charge in [0.1, 0.15) is 0 Å². The average molecular weight is 420 g/mol. The molecule has 0 amide bonds. The Labute approximate surface area is 181 Å². The number of hydrogen-bond donors (Lipinski definition) is 0. The molecule has 1 aromatic heterocycles. The Morgan fingerprint density at radius 3 is 2.63 bits per heavy atom. The van der Waals surface area contributed by atoms with Crippen LogP contribution in [-0.2, 0) is 10.2 Å². The van der Waals surface area contributed by atoms with E-state index in [1.54, 1.807) is 10.8 Å². The van der Waals surface area contributed by atoms with E-state index >= 15 is 0 Å². The smallest absolute Gasteiger partial charge is 0.214 e. The first-order valence-electron chi connectivity index (χ1n) is 9.86. The number of carbonyl (C=O) groups is 1. The quantitative estimate of drug-likeness (QED) is 0.455. The average Bonchev–Trinajstić information content (AvgIpc) is 3.24. The van der Waals surface area contributed by atoms with Crippen LogP contribution in [0.2, 0.25) is 0 Å². The second-order valence-corrected chi connectivity index (χ2v) is 9.09. The molecule has 0 bridgehead atoms. The van der Waals surface area contributed by atoms with Crippen molar-refractivity contribution in [3.05, 3.63) is 70.9 Å². The number of benzene rings is 2. The number of aromatic nitrogens is 4. The maximum absolute atomic E-state index is 12.8. The van der Waals surface area contributed by atoms with E-state index in [0.717, 1.165) is 22.6 Å². The number of allylic oxidation sites excluding steroid dienone is 2. The molecule has 154 valence electrons. The summed E-state index contributed by atoms with van der Waals surface area (Å²) < 4.78 is 1.70. The largest absolute Gasteiger partial charge is 0.347 e. The number of likely N-dealkylation sites (N-methyl/N-ethyl adjacent to an activating group) is 1. The highest BCUT2D eigenvalue weighted by atomic mass is 32.2. The van der Waals surface area contributed by atoms with Gasteiger partial charge in [-0.05, 0) is 47.5 Å². The molecule has 2 aromatic carbocycles. The van der Waals surface area contributed by atoms with Gasteiger partial charge in [-0.1, -0.05) is 61.5 Å². The molecule has 0 spiro atoms. The number of ketones is 1. The van der Waals surface area contributed by atoms with Crippen LogP contribution in [0.25, 0.3) is 5.69 Å². The summed E-state index contributed by atoms with van der Waals surface area (Å²) in [7, 11) is 2.01. The Morgan fingerprint density at radius 2 is 1.90 bits per heavy atom. The highest BCUT2D eigenvalue weighted by molar-refractivity contribution is 7.99. The van der Waals surface area contributed by atoms with E-state index in [-0.39, 0.29) is 17.0 Å². The van der Waals surface area contributed by atoms with E-state index in [2.05, 4.69) is 59.4 Å². The van der Waals surface area contributed by atoms with Gasteiger partial charge in [0, 0.05) is 29.9 Å². The van der Waals surface area contributed by atoms with Crippen molar-refractivity contribution in [1.82, 2.24) is 20.2 Å². The number of nitrogens with zero attached hydrogens (tertiary/aromatic N) is 5. The molecule has 0 unspecified atom stereocenters. The van der Waals surface area contributed by atoms with Crippen molar-refractivity contribution in [2.45, 2.75) is 38.3 Å². The summed E-state index contributed by atoms with van der Waals surface area (Å²) in [6, 6.07) is 14.4. The zero-order chi connectivity index (χ0) is 21.5. The lowest BCUT2D eigenvalue weighted by Crippen LogP contribution is -2.24. The first-order chi connectivity index (χ1) is 14.3. The molecule has 0 aliphatic carbocycles. The van der Waals surface area contributed by atoms with E-state index in [9.17, 15) is 4.79 Å². The molecule has 2 heterocycles. The topological polar surface area (TPSA) is 63.9 Å². The maximum Gasteiger partial charge on any atom is 0.214 e. The molecule has 1 aliphatic rings. The van der Waals surface area contributed by atoms with Gasteiger partial charge in [-0.25, -0.2) is 0 Å². The molecule has 7 heteroatoms. The number of carbonyl (C=O) groups excluding carboxylic acids is 1. The van der Waals surface area contributed by atoms with Crippen LogP contribution < -0.4 is 4.90 Å². The summed E-state index contributed by atoms with van der Waals surface area (Å²) in [5, 5.41) is 12.7. The van der Waals surface area contributed by atoms with Gasteiger partial charge in [0.2, 0.25) is 5.16 Å². The normalized spacial score (nSPS) is 16.2. The summed E-state index contributed by atoms with van der Waals surface area (Å²) in [6.45, 7) is 8.40. The number of para-hydroxylation sites is 1. The Morgan fingerprint density at radius 1 is 1.13 bits per heavy atom. The number of fused-ring (bicyclic) bond motifs is 1. The van der Waals surface area contributed by atoms with Crippen molar-refractivity contribution in [2.24, 2.45) is 0 Å². The second kappa shape index (κ2) is 7.72. The second-order valence-electron chi connectivity index (χ2n) is 8.15. The van der Waals surface area contributed by atoms with Crippen molar-refractivity contribution in [2.75, 3.05) is 17.7 Å². The molecule has 6 nitrogen and oxygen atoms in total. The van der Waals surface area contributed by atoms with Crippen LogP contribution >= 0.6 is 11.8 Å². The zero-order valence-corrected chi connectivity index (χ0v) is 18.7. The lowest BCUT2D eigenvalue weighted by Gasteiger charge is -2.23. The minimum absolute atomic E-state index is 0.0397. The molecule has 3 aromatic rings. The molecule has 0 radical (unpaired) electrons. The van der Waals surface area contributed by atoms with Crippen LogP contribution in [-0.4, -0.2) is 38.8 Å². The minimum atomic E-state index is -0.216. The molecule has 0 fully saturated rings. The summed E-state index contributed by atoms with van der Waals surface area (Å²) in [5.74, 6) is 0.313. The van der Waals surface area contributed by atoms with E-state index in [1.165, 1.54) is 22.9 Å². The Kier molecular flexibility index (Phi) is 5.24. The third-order valence-corrected chi connectivity index (χ3v) is 6.54. The summed E-state index contributed by atoms with van der Waals surface area (Å²) >= 11 is 1.35. The molecular weight excluding hydrogens is 394 g/mol. The van der Waals surface area contributed by atoms with Crippen molar-refractivity contribution in [3.63, 3.8) is 0 Å². The fourth-order valence-electron chi connectivity index (χ4n) is 4.05. The number of rotatable bonds is 5. The third kappa shape index (κ3) is 3.54. The number of aryl methyl sites for hydroxylation is 2. The summed E-state index contributed by atoms with van der Waals surface area (Å²) in [5.41, 5.74) is 6.36. The van der Waals surface area contributed by atoms with Gasteiger partial charge in [-0.3, -0.25) is 4.79 Å². The van der Waals surface area contributed by atoms with Crippen LogP contribution in [0.5, 0.6) is 0 Å².